The van der Waals surface area contributed by atoms with Gasteiger partial charge in [-0.1, -0.05) is 26.2 Å². The van der Waals surface area contributed by atoms with Crippen molar-refractivity contribution >= 4 is 0 Å². The van der Waals surface area contributed by atoms with Crippen LogP contribution in [0, 0.1) is 5.41 Å². The van der Waals surface area contributed by atoms with Gasteiger partial charge in [-0.3, -0.25) is 0 Å². The lowest BCUT2D eigenvalue weighted by atomic mass is 9.74. The molecule has 1 aliphatic carbocycles. The summed E-state index contributed by atoms with van der Waals surface area (Å²) < 4.78 is 0. The zero-order chi connectivity index (χ0) is 7.61. The molecule has 4 N–H and O–H groups in total. The Kier molecular flexibility index (Phi) is 2.32. The molecule has 60 valence electrons. The van der Waals surface area contributed by atoms with Gasteiger partial charge in [0.1, 0.15) is 0 Å². The van der Waals surface area contributed by atoms with Gasteiger partial charge in [0.2, 0.25) is 0 Å². The summed E-state index contributed by atoms with van der Waals surface area (Å²) in [5.41, 5.74) is 11.6. The molecule has 0 radical (unpaired) electrons. The van der Waals surface area contributed by atoms with E-state index in [-0.39, 0.29) is 11.6 Å². The molecule has 2 heteroatoms. The summed E-state index contributed by atoms with van der Waals surface area (Å²) in [6.07, 6.45) is 6.29. The van der Waals surface area contributed by atoms with Crippen LogP contribution in [0.5, 0.6) is 0 Å². The van der Waals surface area contributed by atoms with Crippen LogP contribution in [0.4, 0.5) is 0 Å². The third-order valence-corrected chi connectivity index (χ3v) is 2.80. The lowest BCUT2D eigenvalue weighted by molar-refractivity contribution is 0.172. The van der Waals surface area contributed by atoms with E-state index in [1.165, 1.54) is 32.1 Å². The van der Waals surface area contributed by atoms with Crippen molar-refractivity contribution in [3.05, 3.63) is 0 Å². The summed E-state index contributed by atoms with van der Waals surface area (Å²) >= 11 is 0. The molecule has 1 aliphatic rings. The molecular weight excluding hydrogens is 124 g/mol. The highest BCUT2D eigenvalue weighted by Crippen LogP contribution is 2.36. The Labute approximate surface area is 63.0 Å². The maximum Gasteiger partial charge on any atom is 0.0576 e. The number of nitrogens with two attached hydrogens (primary N) is 2. The van der Waals surface area contributed by atoms with Crippen molar-refractivity contribution in [3.8, 4) is 0 Å². The van der Waals surface area contributed by atoms with E-state index in [0.717, 1.165) is 0 Å². The zero-order valence-corrected chi connectivity index (χ0v) is 6.77. The first-order chi connectivity index (χ1) is 4.65. The van der Waals surface area contributed by atoms with E-state index in [1.54, 1.807) is 0 Å². The Morgan fingerprint density at radius 2 is 1.60 bits per heavy atom. The fourth-order valence-corrected chi connectivity index (χ4v) is 1.69. The smallest absolute Gasteiger partial charge is 0.0576 e. The van der Waals surface area contributed by atoms with E-state index in [9.17, 15) is 0 Å². The average molecular weight is 142 g/mol. The summed E-state index contributed by atoms with van der Waals surface area (Å²) in [5, 5.41) is 0. The molecule has 0 aliphatic heterocycles. The minimum atomic E-state index is -0.118. The van der Waals surface area contributed by atoms with Crippen LogP contribution in [0.2, 0.25) is 0 Å². The molecule has 0 saturated heterocycles. The van der Waals surface area contributed by atoms with Crippen LogP contribution in [0.15, 0.2) is 0 Å². The summed E-state index contributed by atoms with van der Waals surface area (Å²) in [6, 6.07) is 0. The minimum absolute atomic E-state index is 0.118. The molecule has 0 heterocycles. The summed E-state index contributed by atoms with van der Waals surface area (Å²) in [4.78, 5) is 0. The molecule has 2 nitrogen and oxygen atoms in total. The van der Waals surface area contributed by atoms with Gasteiger partial charge < -0.3 is 11.5 Å². The monoisotopic (exact) mass is 142 g/mol. The third kappa shape index (κ3) is 1.50. The van der Waals surface area contributed by atoms with Crippen LogP contribution >= 0.6 is 0 Å². The zero-order valence-electron chi connectivity index (χ0n) is 6.77. The molecule has 0 amide bonds. The Morgan fingerprint density at radius 1 is 1.10 bits per heavy atom. The lowest BCUT2D eigenvalue weighted by Crippen LogP contribution is -2.47. The second-order valence-electron chi connectivity index (χ2n) is 3.74. The van der Waals surface area contributed by atoms with E-state index in [4.69, 9.17) is 11.5 Å². The second kappa shape index (κ2) is 2.89. The molecule has 0 spiro atoms. The second-order valence-corrected chi connectivity index (χ2v) is 3.74. The van der Waals surface area contributed by atoms with Crippen LogP contribution in [0.25, 0.3) is 0 Å². The average Bonchev–Trinajstić information content (AvgIpc) is 1.89. The maximum absolute atomic E-state index is 5.68. The molecule has 0 bridgehead atoms. The van der Waals surface area contributed by atoms with Gasteiger partial charge >= 0.3 is 0 Å². The van der Waals surface area contributed by atoms with E-state index in [0.29, 0.717) is 0 Å². The Hall–Kier alpha value is -0.0800. The Balaban J connectivity index is 2.48. The minimum Gasteiger partial charge on any atom is -0.316 e. The summed E-state index contributed by atoms with van der Waals surface area (Å²) in [7, 11) is 0. The van der Waals surface area contributed by atoms with Gasteiger partial charge in [-0.2, -0.15) is 0 Å². The highest BCUT2D eigenvalue weighted by atomic mass is 14.9. The molecule has 0 aromatic heterocycles. The summed E-state index contributed by atoms with van der Waals surface area (Å²) in [6.45, 7) is 2.21. The molecular formula is C8H18N2. The SMILES string of the molecule is CC1(C(N)N)CCCCC1. The van der Waals surface area contributed by atoms with Crippen molar-refractivity contribution < 1.29 is 0 Å². The van der Waals surface area contributed by atoms with Gasteiger partial charge in [-0.05, 0) is 18.3 Å². The molecule has 10 heavy (non-hydrogen) atoms. The van der Waals surface area contributed by atoms with Crippen LogP contribution in [0.1, 0.15) is 39.0 Å². The van der Waals surface area contributed by atoms with Crippen LogP contribution in [-0.4, -0.2) is 6.17 Å². The van der Waals surface area contributed by atoms with Gasteiger partial charge in [0.15, 0.2) is 0 Å². The molecule has 0 unspecified atom stereocenters. The molecule has 0 atom stereocenters. The Morgan fingerprint density at radius 3 is 1.90 bits per heavy atom. The highest BCUT2D eigenvalue weighted by molar-refractivity contribution is 4.84. The van der Waals surface area contributed by atoms with E-state index < -0.39 is 0 Å². The van der Waals surface area contributed by atoms with E-state index in [1.807, 2.05) is 0 Å². The first-order valence-electron chi connectivity index (χ1n) is 4.16. The van der Waals surface area contributed by atoms with Crippen molar-refractivity contribution in [2.45, 2.75) is 45.2 Å². The summed E-state index contributed by atoms with van der Waals surface area (Å²) in [5.74, 6) is 0. The third-order valence-electron chi connectivity index (χ3n) is 2.80. The predicted octanol–water partition coefficient (Wildman–Crippen LogP) is 1.20. The van der Waals surface area contributed by atoms with Crippen LogP contribution in [-0.2, 0) is 0 Å². The highest BCUT2D eigenvalue weighted by Gasteiger charge is 2.30. The van der Waals surface area contributed by atoms with Gasteiger partial charge in [-0.15, -0.1) is 0 Å². The molecule has 0 aromatic carbocycles. The molecule has 0 aromatic rings. The van der Waals surface area contributed by atoms with Crippen molar-refractivity contribution in [3.63, 3.8) is 0 Å². The number of hydrogen-bond donors (Lipinski definition) is 2. The molecule has 1 saturated carbocycles. The standard InChI is InChI=1S/C8H18N2/c1-8(7(9)10)5-3-2-4-6-8/h7H,2-6,9-10H2,1H3. The van der Waals surface area contributed by atoms with Crippen LogP contribution < -0.4 is 11.5 Å². The molecule has 1 fully saturated rings. The first kappa shape index (κ1) is 8.02. The largest absolute Gasteiger partial charge is 0.316 e. The van der Waals surface area contributed by atoms with E-state index in [2.05, 4.69) is 6.92 Å². The van der Waals surface area contributed by atoms with Crippen molar-refractivity contribution in [2.75, 3.05) is 0 Å². The van der Waals surface area contributed by atoms with Crippen molar-refractivity contribution in [1.29, 1.82) is 0 Å². The van der Waals surface area contributed by atoms with Gasteiger partial charge in [0.25, 0.3) is 0 Å². The van der Waals surface area contributed by atoms with Crippen LogP contribution in [0.3, 0.4) is 0 Å². The fraction of sp³-hybridized carbons (Fsp3) is 1.00. The maximum atomic E-state index is 5.68. The first-order valence-corrected chi connectivity index (χ1v) is 4.16. The predicted molar refractivity (Wildman–Crippen MR) is 43.4 cm³/mol. The van der Waals surface area contributed by atoms with Crippen molar-refractivity contribution in [1.82, 2.24) is 0 Å². The molecule has 1 rings (SSSR count). The topological polar surface area (TPSA) is 52.0 Å². The van der Waals surface area contributed by atoms with Gasteiger partial charge in [0.05, 0.1) is 6.17 Å². The Bertz CT molecular complexity index is 104. The van der Waals surface area contributed by atoms with Gasteiger partial charge in [-0.25, -0.2) is 0 Å². The normalized spacial score (nSPS) is 25.2. The van der Waals surface area contributed by atoms with Crippen molar-refractivity contribution in [2.24, 2.45) is 16.9 Å². The number of rotatable bonds is 1. The lowest BCUT2D eigenvalue weighted by Gasteiger charge is -2.36. The van der Waals surface area contributed by atoms with E-state index >= 15 is 0 Å². The fourth-order valence-electron chi connectivity index (χ4n) is 1.69. The number of hydrogen-bond acceptors (Lipinski definition) is 2. The quantitative estimate of drug-likeness (QED) is 0.540. The van der Waals surface area contributed by atoms with Gasteiger partial charge in [0, 0.05) is 0 Å².